The minimum Gasteiger partial charge on any atom is -0.339 e. The first-order valence-corrected chi connectivity index (χ1v) is 8.23. The van der Waals surface area contributed by atoms with Crippen LogP contribution in [0.4, 0.5) is 0 Å². The number of amides is 1. The molecule has 0 bridgehead atoms. The summed E-state index contributed by atoms with van der Waals surface area (Å²) in [7, 11) is 0. The molecule has 4 heterocycles. The third-order valence-electron chi connectivity index (χ3n) is 3.83. The highest BCUT2D eigenvalue weighted by Crippen LogP contribution is 2.24. The second-order valence-corrected chi connectivity index (χ2v) is 6.46. The predicted molar refractivity (Wildman–Crippen MR) is 84.9 cm³/mol. The van der Waals surface area contributed by atoms with Gasteiger partial charge in [-0.05, 0) is 23.6 Å². The molecule has 6 nitrogen and oxygen atoms in total. The summed E-state index contributed by atoms with van der Waals surface area (Å²) in [6.07, 6.45) is 4.11. The van der Waals surface area contributed by atoms with Crippen molar-refractivity contribution in [1.82, 2.24) is 20.0 Å². The highest BCUT2D eigenvalue weighted by atomic mass is 32.1. The smallest absolute Gasteiger partial charge is 0.263 e. The molecule has 0 unspecified atom stereocenters. The summed E-state index contributed by atoms with van der Waals surface area (Å²) in [4.78, 5) is 23.3. The predicted octanol–water partition coefficient (Wildman–Crippen LogP) is 2.51. The lowest BCUT2D eigenvalue weighted by atomic mass is 9.96. The fourth-order valence-electron chi connectivity index (χ4n) is 2.62. The van der Waals surface area contributed by atoms with E-state index in [1.54, 1.807) is 12.4 Å². The molecule has 1 aliphatic heterocycles. The van der Waals surface area contributed by atoms with Gasteiger partial charge in [-0.3, -0.25) is 9.78 Å². The molecule has 0 saturated carbocycles. The Labute approximate surface area is 136 Å². The molecule has 23 heavy (non-hydrogen) atoms. The summed E-state index contributed by atoms with van der Waals surface area (Å²) in [6.45, 7) is 1.47. The Morgan fingerprint density at radius 1 is 1.35 bits per heavy atom. The Hall–Kier alpha value is -2.54. The van der Waals surface area contributed by atoms with E-state index < -0.39 is 0 Å². The Bertz CT molecular complexity index is 795. The van der Waals surface area contributed by atoms with Crippen molar-refractivity contribution < 1.29 is 9.32 Å². The molecule has 3 aromatic rings. The number of carbonyl (C=O) groups excluding carboxylic acids is 1. The van der Waals surface area contributed by atoms with Gasteiger partial charge in [0, 0.05) is 43.4 Å². The van der Waals surface area contributed by atoms with Gasteiger partial charge in [-0.2, -0.15) is 4.98 Å². The number of hydrogen-bond donors (Lipinski definition) is 0. The molecule has 0 N–H and O–H groups in total. The molecule has 1 fully saturated rings. The van der Waals surface area contributed by atoms with Gasteiger partial charge >= 0.3 is 0 Å². The Morgan fingerprint density at radius 2 is 2.26 bits per heavy atom. The topological polar surface area (TPSA) is 72.1 Å². The van der Waals surface area contributed by atoms with E-state index in [1.807, 2.05) is 34.5 Å². The molecule has 0 radical (unpaired) electrons. The van der Waals surface area contributed by atoms with E-state index in [0.29, 0.717) is 24.1 Å². The first kappa shape index (κ1) is 14.1. The minimum atomic E-state index is 0.109. The van der Waals surface area contributed by atoms with Crippen LogP contribution < -0.4 is 0 Å². The van der Waals surface area contributed by atoms with Crippen LogP contribution >= 0.6 is 11.3 Å². The molecular formula is C16H14N4O2S. The average Bonchev–Trinajstić information content (AvgIpc) is 3.22. The van der Waals surface area contributed by atoms with Crippen LogP contribution in [0.5, 0.6) is 0 Å². The maximum Gasteiger partial charge on any atom is 0.263 e. The van der Waals surface area contributed by atoms with Crippen molar-refractivity contribution in [1.29, 1.82) is 0 Å². The van der Waals surface area contributed by atoms with Gasteiger partial charge in [-0.25, -0.2) is 0 Å². The van der Waals surface area contributed by atoms with Gasteiger partial charge in [0.1, 0.15) is 0 Å². The Morgan fingerprint density at radius 3 is 3.00 bits per heavy atom. The van der Waals surface area contributed by atoms with Crippen molar-refractivity contribution in [2.45, 2.75) is 6.42 Å². The van der Waals surface area contributed by atoms with Gasteiger partial charge in [0.15, 0.2) is 0 Å². The van der Waals surface area contributed by atoms with Gasteiger partial charge in [0.2, 0.25) is 11.7 Å². The Kier molecular flexibility index (Phi) is 3.63. The molecule has 0 aliphatic carbocycles. The van der Waals surface area contributed by atoms with Crippen LogP contribution in [0.15, 0.2) is 46.6 Å². The van der Waals surface area contributed by atoms with Gasteiger partial charge in [0.25, 0.3) is 5.91 Å². The molecular weight excluding hydrogens is 312 g/mol. The third kappa shape index (κ3) is 2.87. The first-order valence-electron chi connectivity index (χ1n) is 7.35. The van der Waals surface area contributed by atoms with Crippen molar-refractivity contribution in [3.8, 4) is 11.4 Å². The lowest BCUT2D eigenvalue weighted by molar-refractivity contribution is 0.0492. The number of pyridine rings is 1. The van der Waals surface area contributed by atoms with E-state index in [1.165, 1.54) is 11.3 Å². The van der Waals surface area contributed by atoms with Crippen LogP contribution in [-0.2, 0) is 6.42 Å². The molecule has 0 aromatic carbocycles. The van der Waals surface area contributed by atoms with Gasteiger partial charge in [-0.15, -0.1) is 11.3 Å². The largest absolute Gasteiger partial charge is 0.339 e. The van der Waals surface area contributed by atoms with E-state index in [-0.39, 0.29) is 5.91 Å². The van der Waals surface area contributed by atoms with Gasteiger partial charge < -0.3 is 9.42 Å². The van der Waals surface area contributed by atoms with Crippen LogP contribution in [0.3, 0.4) is 0 Å². The number of carbonyl (C=O) groups is 1. The van der Waals surface area contributed by atoms with Crippen LogP contribution in [0, 0.1) is 5.92 Å². The zero-order valence-electron chi connectivity index (χ0n) is 12.3. The molecule has 1 amide bonds. The van der Waals surface area contributed by atoms with Crippen molar-refractivity contribution in [3.05, 3.63) is 52.8 Å². The first-order chi connectivity index (χ1) is 11.3. The zero-order valence-corrected chi connectivity index (χ0v) is 13.1. The number of thiophene rings is 1. The third-order valence-corrected chi connectivity index (χ3v) is 4.69. The lowest BCUT2D eigenvalue weighted by Gasteiger charge is -2.38. The normalized spacial score (nSPS) is 14.7. The van der Waals surface area contributed by atoms with E-state index in [0.717, 1.165) is 23.5 Å². The van der Waals surface area contributed by atoms with E-state index in [4.69, 9.17) is 4.52 Å². The van der Waals surface area contributed by atoms with Crippen molar-refractivity contribution in [3.63, 3.8) is 0 Å². The summed E-state index contributed by atoms with van der Waals surface area (Å²) in [5, 5.41) is 5.91. The fraction of sp³-hybridized carbons (Fsp3) is 0.250. The molecule has 4 rings (SSSR count). The summed E-state index contributed by atoms with van der Waals surface area (Å²) in [5.74, 6) is 1.65. The number of hydrogen-bond acceptors (Lipinski definition) is 6. The maximum atomic E-state index is 12.2. The van der Waals surface area contributed by atoms with Crippen LogP contribution in [0.2, 0.25) is 0 Å². The zero-order chi connectivity index (χ0) is 15.6. The molecule has 1 aliphatic rings. The average molecular weight is 326 g/mol. The van der Waals surface area contributed by atoms with Crippen LogP contribution in [0.1, 0.15) is 15.6 Å². The highest BCUT2D eigenvalue weighted by molar-refractivity contribution is 7.12. The maximum absolute atomic E-state index is 12.2. The highest BCUT2D eigenvalue weighted by Gasteiger charge is 2.32. The molecule has 3 aromatic heterocycles. The monoisotopic (exact) mass is 326 g/mol. The van der Waals surface area contributed by atoms with Crippen molar-refractivity contribution in [2.75, 3.05) is 13.1 Å². The quantitative estimate of drug-likeness (QED) is 0.736. The molecule has 116 valence electrons. The molecule has 0 spiro atoms. The molecule has 0 atom stereocenters. The fourth-order valence-corrected chi connectivity index (χ4v) is 3.31. The minimum absolute atomic E-state index is 0.109. The summed E-state index contributed by atoms with van der Waals surface area (Å²) >= 11 is 1.48. The van der Waals surface area contributed by atoms with Crippen molar-refractivity contribution >= 4 is 17.2 Å². The van der Waals surface area contributed by atoms with Crippen LogP contribution in [-0.4, -0.2) is 39.0 Å². The van der Waals surface area contributed by atoms with Gasteiger partial charge in [-0.1, -0.05) is 11.2 Å². The standard InChI is InChI=1S/C16H14N4O2S/c21-16(13-4-2-6-23-13)20-9-11(10-20)7-14-18-15(19-22-14)12-3-1-5-17-8-12/h1-6,8,11H,7,9-10H2. The second-order valence-electron chi connectivity index (χ2n) is 5.51. The summed E-state index contributed by atoms with van der Waals surface area (Å²) < 4.78 is 5.30. The number of likely N-dealkylation sites (tertiary alicyclic amines) is 1. The van der Waals surface area contributed by atoms with Crippen molar-refractivity contribution in [2.24, 2.45) is 5.92 Å². The molecule has 1 saturated heterocycles. The van der Waals surface area contributed by atoms with Crippen LogP contribution in [0.25, 0.3) is 11.4 Å². The Balaban J connectivity index is 1.34. The summed E-state index contributed by atoms with van der Waals surface area (Å²) in [6, 6.07) is 7.49. The molecule has 7 heteroatoms. The number of aromatic nitrogens is 3. The van der Waals surface area contributed by atoms with E-state index in [9.17, 15) is 4.79 Å². The van der Waals surface area contributed by atoms with E-state index in [2.05, 4.69) is 15.1 Å². The second kappa shape index (κ2) is 5.92. The number of nitrogens with zero attached hydrogens (tertiary/aromatic N) is 4. The lowest BCUT2D eigenvalue weighted by Crippen LogP contribution is -2.50. The van der Waals surface area contributed by atoms with Gasteiger partial charge in [0.05, 0.1) is 4.88 Å². The SMILES string of the molecule is O=C(c1cccs1)N1CC(Cc2nc(-c3cccnc3)no2)C1. The number of rotatable bonds is 4. The van der Waals surface area contributed by atoms with E-state index >= 15 is 0 Å². The summed E-state index contributed by atoms with van der Waals surface area (Å²) in [5.41, 5.74) is 0.839.